The van der Waals surface area contributed by atoms with E-state index in [4.69, 9.17) is 5.73 Å². The third kappa shape index (κ3) is 1.29. The normalized spacial score (nSPS) is 10.5. The van der Waals surface area contributed by atoms with Crippen molar-refractivity contribution in [2.45, 2.75) is 0 Å². The van der Waals surface area contributed by atoms with Crippen LogP contribution in [0, 0.1) is 0 Å². The van der Waals surface area contributed by atoms with Crippen LogP contribution in [0.4, 0.5) is 0 Å². The van der Waals surface area contributed by atoms with Crippen molar-refractivity contribution in [3.05, 3.63) is 30.2 Å². The van der Waals surface area contributed by atoms with E-state index in [0.717, 1.165) is 0 Å². The van der Waals surface area contributed by atoms with Crippen LogP contribution in [0.2, 0.25) is 0 Å². The monoisotopic (exact) mass is 176 g/mol. The molecule has 0 aromatic carbocycles. The minimum absolute atomic E-state index is 0.0239. The summed E-state index contributed by atoms with van der Waals surface area (Å²) >= 11 is 0. The first-order valence-corrected chi connectivity index (χ1v) is 3.85. The Morgan fingerprint density at radius 1 is 1.62 bits per heavy atom. The van der Waals surface area contributed by atoms with Gasteiger partial charge in [-0.05, 0) is 6.07 Å². The largest absolute Gasteiger partial charge is 0.324 e. The second kappa shape index (κ2) is 2.95. The van der Waals surface area contributed by atoms with Crippen molar-refractivity contribution in [1.29, 1.82) is 0 Å². The van der Waals surface area contributed by atoms with Gasteiger partial charge in [0.1, 0.15) is 5.69 Å². The predicted molar refractivity (Wildman–Crippen MR) is 46.4 cm³/mol. The zero-order chi connectivity index (χ0) is 9.26. The molecule has 0 radical (unpaired) electrons. The van der Waals surface area contributed by atoms with Crippen LogP contribution in [0.3, 0.4) is 0 Å². The molecule has 0 bridgehead atoms. The van der Waals surface area contributed by atoms with E-state index in [-0.39, 0.29) is 12.3 Å². The van der Waals surface area contributed by atoms with E-state index < -0.39 is 0 Å². The minimum Gasteiger partial charge on any atom is -0.324 e. The van der Waals surface area contributed by atoms with Gasteiger partial charge in [-0.3, -0.25) is 4.79 Å². The summed E-state index contributed by atoms with van der Waals surface area (Å²) in [5.74, 6) is -0.175. The Bertz CT molecular complexity index is 415. The molecule has 2 rings (SSSR count). The third-order valence-electron chi connectivity index (χ3n) is 1.71. The third-order valence-corrected chi connectivity index (χ3v) is 1.71. The van der Waals surface area contributed by atoms with Gasteiger partial charge in [0.2, 0.25) is 0 Å². The van der Waals surface area contributed by atoms with E-state index in [0.29, 0.717) is 11.3 Å². The smallest absolute Gasteiger partial charge is 0.196 e. The zero-order valence-corrected chi connectivity index (χ0v) is 6.84. The first kappa shape index (κ1) is 7.88. The van der Waals surface area contributed by atoms with Gasteiger partial charge in [-0.15, -0.1) is 0 Å². The lowest BCUT2D eigenvalue weighted by atomic mass is 10.3. The van der Waals surface area contributed by atoms with E-state index in [1.807, 2.05) is 0 Å². The number of carbonyl (C=O) groups excluding carboxylic acids is 1. The summed E-state index contributed by atoms with van der Waals surface area (Å²) in [6.45, 7) is -0.0239. The first-order chi connectivity index (χ1) is 6.31. The van der Waals surface area contributed by atoms with Crippen molar-refractivity contribution in [1.82, 2.24) is 14.6 Å². The molecule has 0 saturated heterocycles. The standard InChI is InChI=1S/C8H8N4O/c9-5-7(13)6-4-8-10-2-1-3-12(8)11-6/h1-4H,5,9H2. The van der Waals surface area contributed by atoms with Crippen molar-refractivity contribution in [2.24, 2.45) is 5.73 Å². The molecule has 0 amide bonds. The van der Waals surface area contributed by atoms with Gasteiger partial charge in [-0.25, -0.2) is 9.50 Å². The molecule has 5 heteroatoms. The Morgan fingerprint density at radius 3 is 3.15 bits per heavy atom. The zero-order valence-electron chi connectivity index (χ0n) is 6.84. The number of nitrogens with two attached hydrogens (primary N) is 1. The van der Waals surface area contributed by atoms with Crippen molar-refractivity contribution < 1.29 is 4.79 Å². The summed E-state index contributed by atoms with van der Waals surface area (Å²) in [5.41, 5.74) is 6.22. The van der Waals surface area contributed by atoms with Gasteiger partial charge in [0.05, 0.1) is 6.54 Å². The highest BCUT2D eigenvalue weighted by Gasteiger charge is 2.08. The summed E-state index contributed by atoms with van der Waals surface area (Å²) in [7, 11) is 0. The number of hydrogen-bond donors (Lipinski definition) is 1. The molecule has 0 aliphatic rings. The molecule has 0 aliphatic carbocycles. The Morgan fingerprint density at radius 2 is 2.46 bits per heavy atom. The molecule has 0 saturated carbocycles. The van der Waals surface area contributed by atoms with Gasteiger partial charge in [0.25, 0.3) is 0 Å². The second-order valence-corrected chi connectivity index (χ2v) is 2.58. The second-order valence-electron chi connectivity index (χ2n) is 2.58. The average Bonchev–Trinajstić information content (AvgIpc) is 2.59. The van der Waals surface area contributed by atoms with E-state index >= 15 is 0 Å². The maximum atomic E-state index is 11.2. The van der Waals surface area contributed by atoms with Crippen LogP contribution in [-0.4, -0.2) is 26.9 Å². The average molecular weight is 176 g/mol. The molecule has 2 heterocycles. The van der Waals surface area contributed by atoms with Crippen molar-refractivity contribution in [3.8, 4) is 0 Å². The van der Waals surface area contributed by atoms with Crippen LogP contribution in [0.5, 0.6) is 0 Å². The van der Waals surface area contributed by atoms with Gasteiger partial charge in [0, 0.05) is 18.5 Å². The first-order valence-electron chi connectivity index (χ1n) is 3.85. The fourth-order valence-corrected chi connectivity index (χ4v) is 1.07. The number of rotatable bonds is 2. The van der Waals surface area contributed by atoms with Crippen LogP contribution in [-0.2, 0) is 0 Å². The van der Waals surface area contributed by atoms with Gasteiger partial charge < -0.3 is 5.73 Å². The SMILES string of the molecule is NCC(=O)c1cc2ncccn2n1. The number of nitrogens with zero attached hydrogens (tertiary/aromatic N) is 3. The van der Waals surface area contributed by atoms with E-state index in [1.54, 1.807) is 29.0 Å². The Balaban J connectivity index is 2.56. The fraction of sp³-hybridized carbons (Fsp3) is 0.125. The molecule has 13 heavy (non-hydrogen) atoms. The molecular formula is C8H8N4O. The molecule has 0 spiro atoms. The van der Waals surface area contributed by atoms with Crippen LogP contribution in [0.25, 0.3) is 5.65 Å². The van der Waals surface area contributed by atoms with Crippen LogP contribution >= 0.6 is 0 Å². The summed E-state index contributed by atoms with van der Waals surface area (Å²) in [6, 6.07) is 3.37. The Hall–Kier alpha value is -1.75. The molecule has 0 fully saturated rings. The van der Waals surface area contributed by atoms with Crippen LogP contribution in [0.15, 0.2) is 24.5 Å². The molecule has 2 aromatic heterocycles. The topological polar surface area (TPSA) is 73.3 Å². The highest BCUT2D eigenvalue weighted by molar-refractivity contribution is 5.96. The van der Waals surface area contributed by atoms with Crippen molar-refractivity contribution >= 4 is 11.4 Å². The van der Waals surface area contributed by atoms with Gasteiger partial charge >= 0.3 is 0 Å². The Labute approximate surface area is 74.2 Å². The van der Waals surface area contributed by atoms with E-state index in [2.05, 4.69) is 10.1 Å². The number of carbonyl (C=O) groups is 1. The molecule has 2 aromatic rings. The predicted octanol–water partition coefficient (Wildman–Crippen LogP) is -0.129. The lowest BCUT2D eigenvalue weighted by Gasteiger charge is -1.87. The number of ketones is 1. The number of fused-ring (bicyclic) bond motifs is 1. The molecule has 5 nitrogen and oxygen atoms in total. The van der Waals surface area contributed by atoms with E-state index in [9.17, 15) is 4.79 Å². The molecule has 0 aliphatic heterocycles. The molecular weight excluding hydrogens is 168 g/mol. The Kier molecular flexibility index (Phi) is 1.79. The highest BCUT2D eigenvalue weighted by atomic mass is 16.1. The number of aromatic nitrogens is 3. The van der Waals surface area contributed by atoms with Crippen LogP contribution < -0.4 is 5.73 Å². The molecule has 66 valence electrons. The summed E-state index contributed by atoms with van der Waals surface area (Å²) in [4.78, 5) is 15.2. The molecule has 0 atom stereocenters. The van der Waals surface area contributed by atoms with Gasteiger partial charge in [-0.1, -0.05) is 0 Å². The van der Waals surface area contributed by atoms with Crippen molar-refractivity contribution in [2.75, 3.05) is 6.54 Å². The summed E-state index contributed by atoms with van der Waals surface area (Å²) in [5, 5.41) is 4.01. The lowest BCUT2D eigenvalue weighted by molar-refractivity contribution is 0.0996. The number of Topliss-reactive ketones (excluding diaryl/α,β-unsaturated/α-hetero) is 1. The van der Waals surface area contributed by atoms with E-state index in [1.165, 1.54) is 0 Å². The maximum Gasteiger partial charge on any atom is 0.196 e. The molecule has 0 unspecified atom stereocenters. The van der Waals surface area contributed by atoms with Crippen LogP contribution in [0.1, 0.15) is 10.5 Å². The number of hydrogen-bond acceptors (Lipinski definition) is 4. The lowest BCUT2D eigenvalue weighted by Crippen LogP contribution is -2.13. The quantitative estimate of drug-likeness (QED) is 0.647. The maximum absolute atomic E-state index is 11.2. The fourth-order valence-electron chi connectivity index (χ4n) is 1.07. The molecule has 2 N–H and O–H groups in total. The van der Waals surface area contributed by atoms with Gasteiger partial charge in [-0.2, -0.15) is 5.10 Å². The van der Waals surface area contributed by atoms with Gasteiger partial charge in [0.15, 0.2) is 11.4 Å². The van der Waals surface area contributed by atoms with Crippen molar-refractivity contribution in [3.63, 3.8) is 0 Å². The minimum atomic E-state index is -0.175. The highest BCUT2D eigenvalue weighted by Crippen LogP contribution is 2.02. The summed E-state index contributed by atoms with van der Waals surface area (Å²) < 4.78 is 1.54. The summed E-state index contributed by atoms with van der Waals surface area (Å²) in [6.07, 6.45) is 3.38.